The largest absolute Gasteiger partial charge is 0.338 e. The molecule has 104 valence electrons. The van der Waals surface area contributed by atoms with E-state index < -0.39 is 0 Å². The Morgan fingerprint density at radius 3 is 2.74 bits per heavy atom. The smallest absolute Gasteiger partial charge is 0.110 e. The lowest BCUT2D eigenvalue weighted by molar-refractivity contribution is 0.477. The van der Waals surface area contributed by atoms with Crippen LogP contribution in [0.15, 0.2) is 18.5 Å². The average molecular weight is 261 g/mol. The first-order chi connectivity index (χ1) is 9.15. The van der Waals surface area contributed by atoms with E-state index in [9.17, 15) is 0 Å². The van der Waals surface area contributed by atoms with Crippen LogP contribution in [0.1, 0.15) is 37.1 Å². The fraction of sp³-hybridized carbons (Fsp3) is 0.571. The molecule has 0 bridgehead atoms. The van der Waals surface area contributed by atoms with Crippen molar-refractivity contribution < 1.29 is 0 Å². The van der Waals surface area contributed by atoms with Crippen molar-refractivity contribution in [3.63, 3.8) is 0 Å². The molecule has 0 aliphatic heterocycles. The van der Waals surface area contributed by atoms with E-state index in [2.05, 4.69) is 44.6 Å². The SMILES string of the molecule is CCNC(Cc1nccn1C)c1cc(C)nn1CC. The van der Waals surface area contributed by atoms with Gasteiger partial charge in [-0.3, -0.25) is 4.68 Å². The maximum absolute atomic E-state index is 4.53. The Bertz CT molecular complexity index is 526. The molecule has 2 heterocycles. The van der Waals surface area contributed by atoms with Crippen LogP contribution in [0.4, 0.5) is 0 Å². The number of aryl methyl sites for hydroxylation is 3. The minimum atomic E-state index is 0.257. The number of imidazole rings is 1. The van der Waals surface area contributed by atoms with Crippen LogP contribution in [0.3, 0.4) is 0 Å². The van der Waals surface area contributed by atoms with Crippen LogP contribution in [0.5, 0.6) is 0 Å². The highest BCUT2D eigenvalue weighted by atomic mass is 15.3. The maximum atomic E-state index is 4.53. The Labute approximate surface area is 114 Å². The third-order valence-corrected chi connectivity index (χ3v) is 3.35. The first-order valence-corrected chi connectivity index (χ1v) is 6.89. The van der Waals surface area contributed by atoms with Gasteiger partial charge in [0.05, 0.1) is 17.4 Å². The summed E-state index contributed by atoms with van der Waals surface area (Å²) in [5, 5.41) is 8.07. The molecule has 5 nitrogen and oxygen atoms in total. The summed E-state index contributed by atoms with van der Waals surface area (Å²) in [7, 11) is 2.04. The molecule has 0 aliphatic carbocycles. The van der Waals surface area contributed by atoms with E-state index in [-0.39, 0.29) is 6.04 Å². The average Bonchev–Trinajstić information content (AvgIpc) is 2.95. The fourth-order valence-corrected chi connectivity index (χ4v) is 2.40. The van der Waals surface area contributed by atoms with E-state index in [0.29, 0.717) is 0 Å². The summed E-state index contributed by atoms with van der Waals surface area (Å²) in [6, 6.07) is 2.42. The summed E-state index contributed by atoms with van der Waals surface area (Å²) in [6.07, 6.45) is 4.71. The van der Waals surface area contributed by atoms with Gasteiger partial charge in [0, 0.05) is 32.4 Å². The molecule has 0 fully saturated rings. The Balaban J connectivity index is 2.26. The summed E-state index contributed by atoms with van der Waals surface area (Å²) in [4.78, 5) is 4.42. The third kappa shape index (κ3) is 3.04. The van der Waals surface area contributed by atoms with Gasteiger partial charge in [0.25, 0.3) is 0 Å². The molecular formula is C14H23N5. The third-order valence-electron chi connectivity index (χ3n) is 3.35. The van der Waals surface area contributed by atoms with Crippen LogP contribution in [-0.2, 0) is 20.0 Å². The van der Waals surface area contributed by atoms with Gasteiger partial charge in [0.2, 0.25) is 0 Å². The maximum Gasteiger partial charge on any atom is 0.110 e. The number of likely N-dealkylation sites (N-methyl/N-ethyl adjacent to an activating group) is 1. The Morgan fingerprint density at radius 2 is 2.16 bits per heavy atom. The predicted molar refractivity (Wildman–Crippen MR) is 76.0 cm³/mol. The van der Waals surface area contributed by atoms with Crippen LogP contribution in [-0.4, -0.2) is 25.9 Å². The molecule has 0 saturated carbocycles. The second-order valence-corrected chi connectivity index (χ2v) is 4.80. The molecule has 0 amide bonds. The first-order valence-electron chi connectivity index (χ1n) is 6.89. The van der Waals surface area contributed by atoms with Gasteiger partial charge in [-0.25, -0.2) is 4.98 Å². The van der Waals surface area contributed by atoms with Gasteiger partial charge in [-0.05, 0) is 26.5 Å². The number of rotatable bonds is 6. The highest BCUT2D eigenvalue weighted by Crippen LogP contribution is 2.18. The Kier molecular flexibility index (Phi) is 4.37. The van der Waals surface area contributed by atoms with E-state index >= 15 is 0 Å². The van der Waals surface area contributed by atoms with Gasteiger partial charge in [0.15, 0.2) is 0 Å². The van der Waals surface area contributed by atoms with E-state index in [1.807, 2.05) is 26.4 Å². The standard InChI is InChI=1S/C14H23N5/c1-5-15-12(10-14-16-7-8-18(14)4)13-9-11(3)17-19(13)6-2/h7-9,12,15H,5-6,10H2,1-4H3. The molecule has 2 aromatic rings. The minimum Gasteiger partial charge on any atom is -0.338 e. The van der Waals surface area contributed by atoms with E-state index in [1.54, 1.807) is 0 Å². The zero-order valence-corrected chi connectivity index (χ0v) is 12.2. The number of nitrogens with one attached hydrogen (secondary N) is 1. The van der Waals surface area contributed by atoms with Crippen molar-refractivity contribution in [1.29, 1.82) is 0 Å². The lowest BCUT2D eigenvalue weighted by atomic mass is 10.1. The van der Waals surface area contributed by atoms with Gasteiger partial charge < -0.3 is 9.88 Å². The summed E-state index contributed by atoms with van der Waals surface area (Å²) < 4.78 is 4.15. The number of hydrogen-bond acceptors (Lipinski definition) is 3. The molecule has 2 aromatic heterocycles. The quantitative estimate of drug-likeness (QED) is 0.863. The lowest BCUT2D eigenvalue weighted by Gasteiger charge is -2.18. The molecule has 2 rings (SSSR count). The van der Waals surface area contributed by atoms with E-state index in [1.165, 1.54) is 5.69 Å². The zero-order chi connectivity index (χ0) is 13.8. The van der Waals surface area contributed by atoms with Crippen LogP contribution in [0, 0.1) is 6.92 Å². The second-order valence-electron chi connectivity index (χ2n) is 4.80. The molecular weight excluding hydrogens is 238 g/mol. The second kappa shape index (κ2) is 6.02. The molecule has 5 heteroatoms. The van der Waals surface area contributed by atoms with Crippen molar-refractivity contribution in [2.45, 2.75) is 39.8 Å². The van der Waals surface area contributed by atoms with Crippen molar-refractivity contribution in [3.8, 4) is 0 Å². The molecule has 0 aromatic carbocycles. The Hall–Kier alpha value is -1.62. The van der Waals surface area contributed by atoms with E-state index in [0.717, 1.165) is 31.0 Å². The summed E-state index contributed by atoms with van der Waals surface area (Å²) in [5.41, 5.74) is 2.31. The number of hydrogen-bond donors (Lipinski definition) is 1. The highest BCUT2D eigenvalue weighted by Gasteiger charge is 2.18. The molecule has 19 heavy (non-hydrogen) atoms. The monoisotopic (exact) mass is 261 g/mol. The topological polar surface area (TPSA) is 47.7 Å². The summed E-state index contributed by atoms with van der Waals surface area (Å²) in [6.45, 7) is 8.12. The first kappa shape index (κ1) is 13.8. The molecule has 0 radical (unpaired) electrons. The molecule has 0 aliphatic rings. The van der Waals surface area contributed by atoms with Crippen LogP contribution >= 0.6 is 0 Å². The van der Waals surface area contributed by atoms with Gasteiger partial charge in [-0.1, -0.05) is 6.92 Å². The van der Waals surface area contributed by atoms with Crippen molar-refractivity contribution in [1.82, 2.24) is 24.6 Å². The molecule has 0 saturated heterocycles. The van der Waals surface area contributed by atoms with Crippen molar-refractivity contribution in [3.05, 3.63) is 35.7 Å². The van der Waals surface area contributed by atoms with Gasteiger partial charge in [-0.15, -0.1) is 0 Å². The molecule has 0 spiro atoms. The van der Waals surface area contributed by atoms with Crippen molar-refractivity contribution in [2.24, 2.45) is 7.05 Å². The van der Waals surface area contributed by atoms with Gasteiger partial charge >= 0.3 is 0 Å². The summed E-state index contributed by atoms with van der Waals surface area (Å²) in [5.74, 6) is 1.09. The molecule has 1 N–H and O–H groups in total. The van der Waals surface area contributed by atoms with Gasteiger partial charge in [-0.2, -0.15) is 5.10 Å². The van der Waals surface area contributed by atoms with Crippen LogP contribution in [0.25, 0.3) is 0 Å². The van der Waals surface area contributed by atoms with Crippen LogP contribution in [0.2, 0.25) is 0 Å². The molecule has 1 atom stereocenters. The Morgan fingerprint density at radius 1 is 1.37 bits per heavy atom. The normalized spacial score (nSPS) is 12.8. The highest BCUT2D eigenvalue weighted by molar-refractivity contribution is 5.15. The fourth-order valence-electron chi connectivity index (χ4n) is 2.40. The van der Waals surface area contributed by atoms with Crippen molar-refractivity contribution in [2.75, 3.05) is 6.54 Å². The zero-order valence-electron chi connectivity index (χ0n) is 12.2. The van der Waals surface area contributed by atoms with Crippen molar-refractivity contribution >= 4 is 0 Å². The number of nitrogens with zero attached hydrogens (tertiary/aromatic N) is 4. The lowest BCUT2D eigenvalue weighted by Crippen LogP contribution is -2.26. The van der Waals surface area contributed by atoms with E-state index in [4.69, 9.17) is 0 Å². The number of aromatic nitrogens is 4. The summed E-state index contributed by atoms with van der Waals surface area (Å²) >= 11 is 0. The van der Waals surface area contributed by atoms with Crippen LogP contribution < -0.4 is 5.32 Å². The minimum absolute atomic E-state index is 0.257. The van der Waals surface area contributed by atoms with Gasteiger partial charge in [0.1, 0.15) is 5.82 Å². The predicted octanol–water partition coefficient (Wildman–Crippen LogP) is 1.84. The molecule has 1 unspecified atom stereocenters.